The normalized spacial score (nSPS) is 15.3. The molecule has 2 N–H and O–H groups in total. The van der Waals surface area contributed by atoms with E-state index in [2.05, 4.69) is 12.6 Å². The zero-order valence-corrected chi connectivity index (χ0v) is 22.7. The largest absolute Gasteiger partial charge is 0.467 e. The van der Waals surface area contributed by atoms with Crippen LogP contribution < -0.4 is 10.0 Å². The van der Waals surface area contributed by atoms with Crippen LogP contribution >= 0.6 is 24.6 Å². The van der Waals surface area contributed by atoms with Crippen molar-refractivity contribution < 1.29 is 28.7 Å². The molecule has 0 spiro atoms. The molecule has 0 saturated heterocycles. The number of nitrogens with two attached hydrogens (primary N) is 1. The molecule has 2 aliphatic rings. The Morgan fingerprint density at radius 2 is 1.36 bits per heavy atom. The van der Waals surface area contributed by atoms with Crippen molar-refractivity contribution in [1.29, 1.82) is 0 Å². The van der Waals surface area contributed by atoms with Crippen LogP contribution in [0.15, 0.2) is 48.5 Å². The van der Waals surface area contributed by atoms with Crippen LogP contribution in [0.3, 0.4) is 0 Å². The Morgan fingerprint density at radius 1 is 0.846 bits per heavy atom. The number of anilines is 1. The second-order valence-corrected chi connectivity index (χ2v) is 10.3. The number of hydrogen-bond donors (Lipinski definition) is 2. The lowest BCUT2D eigenvalue weighted by atomic mass is 9.85. The van der Waals surface area contributed by atoms with E-state index in [9.17, 15) is 24.0 Å². The second kappa shape index (κ2) is 10.8. The van der Waals surface area contributed by atoms with E-state index in [4.69, 9.17) is 9.88 Å². The molecule has 0 bridgehead atoms. The number of hydrogen-bond acceptors (Lipinski definition) is 9. The number of unbranched alkanes of at least 4 members (excludes halogenated alkanes) is 1. The number of methoxy groups -OCH3 is 1. The average molecular weight is 564 g/mol. The quantitative estimate of drug-likeness (QED) is 0.133. The van der Waals surface area contributed by atoms with Crippen LogP contribution in [0.4, 0.5) is 5.69 Å². The van der Waals surface area contributed by atoms with Gasteiger partial charge in [-0.1, -0.05) is 24.1 Å². The van der Waals surface area contributed by atoms with Gasteiger partial charge in [-0.25, -0.2) is 9.69 Å². The molecule has 0 aromatic heterocycles. The zero-order valence-electron chi connectivity index (χ0n) is 21.0. The minimum absolute atomic E-state index is 0.118. The summed E-state index contributed by atoms with van der Waals surface area (Å²) >= 11 is 5.46. The number of benzene rings is 3. The van der Waals surface area contributed by atoms with Gasteiger partial charge in [0.05, 0.1) is 12.8 Å². The first-order valence-corrected chi connectivity index (χ1v) is 14.0. The van der Waals surface area contributed by atoms with Gasteiger partial charge in [-0.2, -0.15) is 12.6 Å². The van der Waals surface area contributed by atoms with E-state index in [1.165, 1.54) is 36.2 Å². The van der Waals surface area contributed by atoms with E-state index in [1.54, 1.807) is 12.1 Å². The predicted molar refractivity (Wildman–Crippen MR) is 151 cm³/mol. The Kier molecular flexibility index (Phi) is 7.48. The summed E-state index contributed by atoms with van der Waals surface area (Å²) in [6, 6.07) is 11.9. The van der Waals surface area contributed by atoms with Crippen LogP contribution in [0.25, 0.3) is 10.8 Å². The van der Waals surface area contributed by atoms with Gasteiger partial charge in [0.1, 0.15) is 6.04 Å². The highest BCUT2D eigenvalue weighted by Crippen LogP contribution is 2.39. The predicted octanol–water partition coefficient (Wildman–Crippen LogP) is 3.64. The molecule has 0 fully saturated rings. The average Bonchev–Trinajstić information content (AvgIpc) is 2.95. The topological polar surface area (TPSA) is 127 Å². The molecule has 2 aliphatic heterocycles. The molecule has 9 nitrogen and oxygen atoms in total. The maximum atomic E-state index is 13.6. The molecule has 2 heterocycles. The third kappa shape index (κ3) is 4.40. The van der Waals surface area contributed by atoms with E-state index in [1.807, 2.05) is 12.1 Å². The molecular formula is C28H25N3O6S2. The lowest BCUT2D eigenvalue weighted by molar-refractivity contribution is -0.144. The van der Waals surface area contributed by atoms with Gasteiger partial charge >= 0.3 is 5.97 Å². The van der Waals surface area contributed by atoms with Crippen LogP contribution in [0.5, 0.6) is 0 Å². The Balaban J connectivity index is 1.53. The molecule has 1 unspecified atom stereocenters. The fraction of sp³-hybridized carbons (Fsp3) is 0.250. The maximum Gasteiger partial charge on any atom is 0.329 e. The van der Waals surface area contributed by atoms with E-state index in [0.29, 0.717) is 5.69 Å². The number of esters is 1. The Bertz CT molecular complexity index is 1470. The summed E-state index contributed by atoms with van der Waals surface area (Å²) in [5.74, 6) is -2.55. The zero-order chi connectivity index (χ0) is 27.8. The van der Waals surface area contributed by atoms with E-state index < -0.39 is 35.6 Å². The molecule has 3 aromatic rings. The van der Waals surface area contributed by atoms with E-state index >= 15 is 0 Å². The number of carbonyl (C=O) groups excluding carboxylic acids is 5. The molecule has 39 heavy (non-hydrogen) atoms. The smallest absolute Gasteiger partial charge is 0.329 e. The van der Waals surface area contributed by atoms with Crippen molar-refractivity contribution in [1.82, 2.24) is 4.90 Å². The van der Waals surface area contributed by atoms with Gasteiger partial charge < -0.3 is 4.74 Å². The van der Waals surface area contributed by atoms with Crippen molar-refractivity contribution in [3.05, 3.63) is 76.3 Å². The summed E-state index contributed by atoms with van der Waals surface area (Å²) < 4.78 is 4.76. The van der Waals surface area contributed by atoms with Gasteiger partial charge in [0.25, 0.3) is 23.6 Å². The summed E-state index contributed by atoms with van der Waals surface area (Å²) in [4.78, 5) is 68.3. The van der Waals surface area contributed by atoms with Crippen molar-refractivity contribution in [2.24, 2.45) is 5.14 Å². The van der Waals surface area contributed by atoms with Crippen molar-refractivity contribution in [2.45, 2.75) is 25.3 Å². The van der Waals surface area contributed by atoms with Gasteiger partial charge in [-0.3, -0.25) is 29.2 Å². The number of amides is 4. The molecule has 1 atom stereocenters. The van der Waals surface area contributed by atoms with Crippen LogP contribution in [0, 0.1) is 0 Å². The van der Waals surface area contributed by atoms with Gasteiger partial charge in [-0.05, 0) is 61.2 Å². The fourth-order valence-corrected chi connectivity index (χ4v) is 5.82. The monoisotopic (exact) mass is 563 g/mol. The molecule has 11 heteroatoms. The highest BCUT2D eigenvalue weighted by Gasteiger charge is 2.43. The van der Waals surface area contributed by atoms with Crippen molar-refractivity contribution in [3.63, 3.8) is 0 Å². The number of rotatable bonds is 9. The molecule has 0 saturated carbocycles. The summed E-state index contributed by atoms with van der Waals surface area (Å²) in [5.41, 5.74) is 2.17. The third-order valence-corrected chi connectivity index (χ3v) is 7.93. The first-order chi connectivity index (χ1) is 18.8. The number of ether oxygens (including phenoxy) is 1. The summed E-state index contributed by atoms with van der Waals surface area (Å²) in [6.07, 6.45) is 2.84. The Labute approximate surface area is 234 Å². The molecule has 3 aromatic carbocycles. The molecule has 5 rings (SSSR count). The number of thiol groups is 1. The second-order valence-electron chi connectivity index (χ2n) is 9.21. The summed E-state index contributed by atoms with van der Waals surface area (Å²) in [5, 5.41) is 5.96. The standard InChI is InChI=1S/C28H25N3O6S2/c1-37-28(36)21(14-38)31-26(34)19-11-9-17-22-18(10-12-20(23(19)22)27(31)35)25(33)30(24(17)32)16-7-5-15(6-8-16)4-2-3-13-39-29/h5-12,21,38H,2-4,13-14,29H2,1H3. The van der Waals surface area contributed by atoms with Gasteiger partial charge in [0.15, 0.2) is 0 Å². The minimum Gasteiger partial charge on any atom is -0.467 e. The highest BCUT2D eigenvalue weighted by molar-refractivity contribution is 7.97. The van der Waals surface area contributed by atoms with E-state index in [-0.39, 0.29) is 38.8 Å². The number of imide groups is 2. The van der Waals surface area contributed by atoms with E-state index in [0.717, 1.165) is 47.5 Å². The molecule has 4 amide bonds. The fourth-order valence-electron chi connectivity index (χ4n) is 5.13. The van der Waals surface area contributed by atoms with Crippen LogP contribution in [-0.4, -0.2) is 59.2 Å². The molecular weight excluding hydrogens is 538 g/mol. The van der Waals surface area contributed by atoms with Crippen molar-refractivity contribution in [2.75, 3.05) is 23.5 Å². The van der Waals surface area contributed by atoms with Crippen LogP contribution in [-0.2, 0) is 16.0 Å². The Hall–Kier alpha value is -3.67. The van der Waals surface area contributed by atoms with Crippen molar-refractivity contribution in [3.8, 4) is 0 Å². The summed E-state index contributed by atoms with van der Waals surface area (Å²) in [6.45, 7) is 0. The first-order valence-electron chi connectivity index (χ1n) is 12.3. The minimum atomic E-state index is -1.23. The van der Waals surface area contributed by atoms with Gasteiger partial charge in [0.2, 0.25) is 0 Å². The Morgan fingerprint density at radius 3 is 1.82 bits per heavy atom. The van der Waals surface area contributed by atoms with Gasteiger partial charge in [0, 0.05) is 44.5 Å². The molecule has 0 radical (unpaired) electrons. The molecule has 0 aliphatic carbocycles. The van der Waals surface area contributed by atoms with Crippen LogP contribution in [0.1, 0.15) is 59.8 Å². The highest BCUT2D eigenvalue weighted by atomic mass is 32.2. The maximum absolute atomic E-state index is 13.6. The molecule has 200 valence electrons. The lowest BCUT2D eigenvalue weighted by Crippen LogP contribution is -2.52. The van der Waals surface area contributed by atoms with Crippen LogP contribution in [0.2, 0.25) is 0 Å². The first kappa shape index (κ1) is 26.9. The summed E-state index contributed by atoms with van der Waals surface area (Å²) in [7, 11) is 1.16. The van der Waals surface area contributed by atoms with Gasteiger partial charge in [-0.15, -0.1) is 0 Å². The van der Waals surface area contributed by atoms with Crippen molar-refractivity contribution >= 4 is 70.6 Å². The third-order valence-electron chi connectivity index (χ3n) is 7.06. The lowest BCUT2D eigenvalue weighted by Gasteiger charge is -2.34. The number of carbonyl (C=O) groups is 5. The SMILES string of the molecule is COC(=O)C(CS)N1C(=O)c2ccc3c4c(ccc(c24)C1=O)C(=O)N(c1ccc(CCCCSN)cc1)C3=O. The number of nitrogens with zero attached hydrogens (tertiary/aromatic N) is 2. The number of aryl methyl sites for hydroxylation is 1.